The van der Waals surface area contributed by atoms with Gasteiger partial charge in [0.25, 0.3) is 0 Å². The number of benzene rings is 1. The lowest BCUT2D eigenvalue weighted by molar-refractivity contribution is 0.408. The highest BCUT2D eigenvalue weighted by atomic mass is 16.5. The van der Waals surface area contributed by atoms with Crippen LogP contribution in [0.5, 0.6) is 5.75 Å². The van der Waals surface area contributed by atoms with E-state index in [4.69, 9.17) is 10.5 Å². The molecule has 0 aliphatic heterocycles. The zero-order chi connectivity index (χ0) is 14.3. The molecule has 0 aliphatic rings. The summed E-state index contributed by atoms with van der Waals surface area (Å²) in [6.07, 6.45) is 2.00. The van der Waals surface area contributed by atoms with Crippen LogP contribution in [0.25, 0.3) is 0 Å². The lowest BCUT2D eigenvalue weighted by atomic mass is 10.00. The third-order valence-corrected chi connectivity index (χ3v) is 3.33. The zero-order valence-electron chi connectivity index (χ0n) is 12.7. The molecule has 19 heavy (non-hydrogen) atoms. The van der Waals surface area contributed by atoms with Gasteiger partial charge in [-0.3, -0.25) is 0 Å². The maximum Gasteiger partial charge on any atom is 0.122 e. The monoisotopic (exact) mass is 264 g/mol. The minimum absolute atomic E-state index is 0.271. The fourth-order valence-corrected chi connectivity index (χ4v) is 2.00. The molecular formula is C16H28N2O. The summed E-state index contributed by atoms with van der Waals surface area (Å²) in [4.78, 5) is 0. The minimum Gasteiger partial charge on any atom is -0.496 e. The molecule has 3 heteroatoms. The number of methoxy groups -OCH3 is 1. The maximum absolute atomic E-state index is 5.72. The Balaban J connectivity index is 2.49. The van der Waals surface area contributed by atoms with Crippen LogP contribution in [0, 0.1) is 0 Å². The van der Waals surface area contributed by atoms with Crippen LogP contribution in [0.15, 0.2) is 18.2 Å². The largest absolute Gasteiger partial charge is 0.496 e. The third-order valence-electron chi connectivity index (χ3n) is 3.33. The highest BCUT2D eigenvalue weighted by molar-refractivity contribution is 5.38. The number of hydrogen-bond acceptors (Lipinski definition) is 3. The fraction of sp³-hybridized carbons (Fsp3) is 0.625. The molecule has 108 valence electrons. The molecule has 0 amide bonds. The highest BCUT2D eigenvalue weighted by Gasteiger charge is 2.06. The molecule has 0 spiro atoms. The van der Waals surface area contributed by atoms with E-state index in [1.54, 1.807) is 7.11 Å². The van der Waals surface area contributed by atoms with Crippen molar-refractivity contribution >= 4 is 0 Å². The Morgan fingerprint density at radius 2 is 1.95 bits per heavy atom. The van der Waals surface area contributed by atoms with Gasteiger partial charge in [0.1, 0.15) is 5.75 Å². The molecule has 3 N–H and O–H groups in total. The van der Waals surface area contributed by atoms with Gasteiger partial charge >= 0.3 is 0 Å². The second-order valence-electron chi connectivity index (χ2n) is 5.49. The Morgan fingerprint density at radius 3 is 2.53 bits per heavy atom. The van der Waals surface area contributed by atoms with E-state index >= 15 is 0 Å². The van der Waals surface area contributed by atoms with Gasteiger partial charge in [-0.1, -0.05) is 26.0 Å². The highest BCUT2D eigenvalue weighted by Crippen LogP contribution is 2.24. The number of nitrogens with two attached hydrogens (primary N) is 1. The first-order valence-electron chi connectivity index (χ1n) is 7.17. The van der Waals surface area contributed by atoms with Crippen molar-refractivity contribution in [2.75, 3.05) is 20.2 Å². The van der Waals surface area contributed by atoms with E-state index < -0.39 is 0 Å². The summed E-state index contributed by atoms with van der Waals surface area (Å²) >= 11 is 0. The van der Waals surface area contributed by atoms with Crippen molar-refractivity contribution < 1.29 is 4.74 Å². The van der Waals surface area contributed by atoms with Gasteiger partial charge in [-0.05, 0) is 56.0 Å². The van der Waals surface area contributed by atoms with Gasteiger partial charge in [-0.25, -0.2) is 0 Å². The molecule has 1 rings (SSSR count). The van der Waals surface area contributed by atoms with Gasteiger partial charge in [-0.15, -0.1) is 0 Å². The van der Waals surface area contributed by atoms with Crippen LogP contribution >= 0.6 is 0 Å². The molecule has 1 aromatic rings. The molecule has 0 radical (unpaired) electrons. The van der Waals surface area contributed by atoms with Crippen molar-refractivity contribution in [1.29, 1.82) is 0 Å². The van der Waals surface area contributed by atoms with Gasteiger partial charge in [0.15, 0.2) is 0 Å². The number of ether oxygens (including phenoxy) is 1. The minimum atomic E-state index is 0.271. The van der Waals surface area contributed by atoms with Gasteiger partial charge in [0, 0.05) is 6.04 Å². The van der Waals surface area contributed by atoms with E-state index in [1.807, 2.05) is 6.92 Å². The summed E-state index contributed by atoms with van der Waals surface area (Å²) < 4.78 is 5.48. The van der Waals surface area contributed by atoms with Crippen molar-refractivity contribution in [3.05, 3.63) is 29.3 Å². The Morgan fingerprint density at radius 1 is 1.21 bits per heavy atom. The standard InChI is InChI=1S/C16H28N2O/c1-12(2)15-6-5-14(16(11-15)19-4)8-10-18-9-7-13(3)17/h5-6,11-13,18H,7-10,17H2,1-4H3. The number of hydrogen-bond donors (Lipinski definition) is 2. The lowest BCUT2D eigenvalue weighted by Gasteiger charge is -2.13. The number of nitrogens with one attached hydrogen (secondary N) is 1. The summed E-state index contributed by atoms with van der Waals surface area (Å²) in [6.45, 7) is 8.37. The molecule has 0 fully saturated rings. The summed E-state index contributed by atoms with van der Waals surface area (Å²) in [5.74, 6) is 1.53. The molecule has 0 saturated carbocycles. The Labute approximate surface area is 117 Å². The average Bonchev–Trinajstić information content (AvgIpc) is 2.37. The summed E-state index contributed by atoms with van der Waals surface area (Å²) in [5.41, 5.74) is 8.30. The molecule has 0 aromatic heterocycles. The molecule has 0 saturated heterocycles. The molecule has 1 atom stereocenters. The van der Waals surface area contributed by atoms with Gasteiger partial charge in [-0.2, -0.15) is 0 Å². The van der Waals surface area contributed by atoms with E-state index in [1.165, 1.54) is 11.1 Å². The first kappa shape index (κ1) is 16.0. The maximum atomic E-state index is 5.72. The normalized spacial score (nSPS) is 12.7. The topological polar surface area (TPSA) is 47.3 Å². The zero-order valence-corrected chi connectivity index (χ0v) is 12.7. The van der Waals surface area contributed by atoms with Crippen LogP contribution in [0.2, 0.25) is 0 Å². The molecule has 3 nitrogen and oxygen atoms in total. The SMILES string of the molecule is COc1cc(C(C)C)ccc1CCNCCC(C)N. The van der Waals surface area contributed by atoms with Crippen molar-refractivity contribution in [1.82, 2.24) is 5.32 Å². The quantitative estimate of drug-likeness (QED) is 0.710. The lowest BCUT2D eigenvalue weighted by Crippen LogP contribution is -2.25. The van der Waals surface area contributed by atoms with E-state index in [0.717, 1.165) is 31.7 Å². The average molecular weight is 264 g/mol. The Hall–Kier alpha value is -1.06. The van der Waals surface area contributed by atoms with Gasteiger partial charge in [0.05, 0.1) is 7.11 Å². The van der Waals surface area contributed by atoms with E-state index in [-0.39, 0.29) is 6.04 Å². The van der Waals surface area contributed by atoms with Crippen molar-refractivity contribution in [3.63, 3.8) is 0 Å². The molecule has 0 bridgehead atoms. The first-order valence-corrected chi connectivity index (χ1v) is 7.17. The predicted molar refractivity (Wildman–Crippen MR) is 81.9 cm³/mol. The van der Waals surface area contributed by atoms with Crippen LogP contribution in [-0.2, 0) is 6.42 Å². The van der Waals surface area contributed by atoms with Crippen LogP contribution in [-0.4, -0.2) is 26.2 Å². The molecule has 0 heterocycles. The van der Waals surface area contributed by atoms with Crippen molar-refractivity contribution in [2.24, 2.45) is 5.73 Å². The second kappa shape index (κ2) is 8.18. The third kappa shape index (κ3) is 5.62. The summed E-state index contributed by atoms with van der Waals surface area (Å²) in [7, 11) is 1.74. The molecule has 0 aliphatic carbocycles. The first-order chi connectivity index (χ1) is 9.04. The van der Waals surface area contributed by atoms with Crippen LogP contribution < -0.4 is 15.8 Å². The number of rotatable bonds is 8. The van der Waals surface area contributed by atoms with Gasteiger partial charge < -0.3 is 15.8 Å². The second-order valence-corrected chi connectivity index (χ2v) is 5.49. The van der Waals surface area contributed by atoms with Crippen LogP contribution in [0.4, 0.5) is 0 Å². The van der Waals surface area contributed by atoms with Crippen LogP contribution in [0.1, 0.15) is 44.2 Å². The van der Waals surface area contributed by atoms with E-state index in [9.17, 15) is 0 Å². The molecular weight excluding hydrogens is 236 g/mol. The summed E-state index contributed by atoms with van der Waals surface area (Å²) in [6, 6.07) is 6.81. The van der Waals surface area contributed by atoms with Crippen molar-refractivity contribution in [2.45, 2.75) is 45.6 Å². The van der Waals surface area contributed by atoms with Crippen molar-refractivity contribution in [3.8, 4) is 5.75 Å². The predicted octanol–water partition coefficient (Wildman–Crippen LogP) is 2.69. The Bertz CT molecular complexity index is 375. The van der Waals surface area contributed by atoms with E-state index in [2.05, 4.69) is 37.4 Å². The molecule has 1 unspecified atom stereocenters. The molecule has 1 aromatic carbocycles. The van der Waals surface area contributed by atoms with Crippen LogP contribution in [0.3, 0.4) is 0 Å². The van der Waals surface area contributed by atoms with Gasteiger partial charge in [0.2, 0.25) is 0 Å². The fourth-order valence-electron chi connectivity index (χ4n) is 2.00. The Kier molecular flexibility index (Phi) is 6.89. The summed E-state index contributed by atoms with van der Waals surface area (Å²) in [5, 5.41) is 3.42. The smallest absolute Gasteiger partial charge is 0.122 e. The van der Waals surface area contributed by atoms with E-state index in [0.29, 0.717) is 5.92 Å².